The van der Waals surface area contributed by atoms with Crippen LogP contribution in [0.1, 0.15) is 39.9 Å². The largest absolute Gasteiger partial charge is 0.361 e. The maximum Gasteiger partial charge on any atom is 0.258 e. The lowest BCUT2D eigenvalue weighted by Gasteiger charge is -2.10. The Morgan fingerprint density at radius 1 is 1.23 bits per heavy atom. The summed E-state index contributed by atoms with van der Waals surface area (Å²) in [6, 6.07) is 11.4. The average molecular weight is 367 g/mol. The van der Waals surface area contributed by atoms with Gasteiger partial charge in [-0.15, -0.1) is 11.8 Å². The van der Waals surface area contributed by atoms with Gasteiger partial charge in [0.2, 0.25) is 0 Å². The smallest absolute Gasteiger partial charge is 0.258 e. The molecule has 0 aliphatic heterocycles. The van der Waals surface area contributed by atoms with Crippen LogP contribution in [0.5, 0.6) is 0 Å². The van der Waals surface area contributed by atoms with Crippen LogP contribution in [0.3, 0.4) is 0 Å². The summed E-state index contributed by atoms with van der Waals surface area (Å²) >= 11 is 1.51. The van der Waals surface area contributed by atoms with E-state index in [9.17, 15) is 4.79 Å². The lowest BCUT2D eigenvalue weighted by Crippen LogP contribution is -2.13. The maximum atomic E-state index is 12.7. The summed E-state index contributed by atoms with van der Waals surface area (Å²) < 4.78 is 5.20. The number of nitrogens with one attached hydrogen (secondary N) is 1. The molecule has 134 valence electrons. The monoisotopic (exact) mass is 367 g/mol. The van der Waals surface area contributed by atoms with Crippen LogP contribution >= 0.6 is 11.8 Å². The third-order valence-corrected chi connectivity index (χ3v) is 5.18. The molecule has 2 heterocycles. The van der Waals surface area contributed by atoms with E-state index in [1.54, 1.807) is 18.3 Å². The second-order valence-electron chi connectivity index (χ2n) is 5.96. The zero-order valence-corrected chi connectivity index (χ0v) is 15.9. The van der Waals surface area contributed by atoms with Crippen LogP contribution in [-0.4, -0.2) is 16.0 Å². The number of carbonyl (C=O) groups is 1. The van der Waals surface area contributed by atoms with Gasteiger partial charge >= 0.3 is 0 Å². The Kier molecular flexibility index (Phi) is 5.73. The van der Waals surface area contributed by atoms with E-state index in [1.807, 2.05) is 38.1 Å². The summed E-state index contributed by atoms with van der Waals surface area (Å²) in [5.41, 5.74) is 4.45. The predicted molar refractivity (Wildman–Crippen MR) is 104 cm³/mol. The highest BCUT2D eigenvalue weighted by molar-refractivity contribution is 7.98. The Labute approximate surface area is 157 Å². The first-order valence-corrected chi connectivity index (χ1v) is 9.47. The van der Waals surface area contributed by atoms with Crippen molar-refractivity contribution in [1.29, 1.82) is 0 Å². The van der Waals surface area contributed by atoms with Crippen molar-refractivity contribution in [3.8, 4) is 0 Å². The van der Waals surface area contributed by atoms with Gasteiger partial charge in [-0.25, -0.2) is 4.98 Å². The number of thioether (sulfide) groups is 1. The fourth-order valence-electron chi connectivity index (χ4n) is 2.59. The number of pyridine rings is 1. The molecule has 3 aromatic rings. The van der Waals surface area contributed by atoms with Crippen LogP contribution in [0.25, 0.3) is 0 Å². The number of hydrogen-bond acceptors (Lipinski definition) is 5. The molecule has 2 aromatic heterocycles. The topological polar surface area (TPSA) is 68.0 Å². The summed E-state index contributed by atoms with van der Waals surface area (Å²) in [4.78, 5) is 17.1. The molecule has 0 unspecified atom stereocenters. The van der Waals surface area contributed by atoms with Crippen molar-refractivity contribution in [1.82, 2.24) is 10.1 Å². The molecule has 0 radical (unpaired) electrons. The first kappa shape index (κ1) is 18.2. The molecule has 5 nitrogen and oxygen atoms in total. The summed E-state index contributed by atoms with van der Waals surface area (Å²) in [6.07, 6.45) is 2.62. The van der Waals surface area contributed by atoms with E-state index < -0.39 is 0 Å². The van der Waals surface area contributed by atoms with Crippen LogP contribution in [0.2, 0.25) is 0 Å². The Balaban J connectivity index is 1.76. The van der Waals surface area contributed by atoms with E-state index in [0.717, 1.165) is 29.1 Å². The Hall–Kier alpha value is -2.60. The van der Waals surface area contributed by atoms with Crippen molar-refractivity contribution in [3.63, 3.8) is 0 Å². The minimum absolute atomic E-state index is 0.160. The number of carbonyl (C=O) groups excluding carboxylic acids is 1. The summed E-state index contributed by atoms with van der Waals surface area (Å²) in [5, 5.41) is 7.63. The second kappa shape index (κ2) is 8.19. The van der Waals surface area contributed by atoms with Crippen molar-refractivity contribution < 1.29 is 9.32 Å². The summed E-state index contributed by atoms with van der Waals surface area (Å²) in [5.74, 6) is 1.30. The molecule has 1 N–H and O–H groups in total. The van der Waals surface area contributed by atoms with E-state index in [1.165, 1.54) is 17.3 Å². The van der Waals surface area contributed by atoms with Gasteiger partial charge in [0, 0.05) is 23.2 Å². The summed E-state index contributed by atoms with van der Waals surface area (Å²) in [7, 11) is 0. The van der Waals surface area contributed by atoms with Crippen LogP contribution in [-0.2, 0) is 12.2 Å². The van der Waals surface area contributed by atoms with Crippen LogP contribution < -0.4 is 5.32 Å². The molecule has 0 saturated carbocycles. The normalized spacial score (nSPS) is 10.7. The van der Waals surface area contributed by atoms with Gasteiger partial charge < -0.3 is 9.84 Å². The average Bonchev–Trinajstić information content (AvgIpc) is 2.98. The highest BCUT2D eigenvalue weighted by Gasteiger charge is 2.15. The summed E-state index contributed by atoms with van der Waals surface area (Å²) in [6.45, 7) is 5.90. The fourth-order valence-corrected chi connectivity index (χ4v) is 3.74. The van der Waals surface area contributed by atoms with Gasteiger partial charge in [-0.3, -0.25) is 4.79 Å². The third-order valence-electron chi connectivity index (χ3n) is 4.14. The van der Waals surface area contributed by atoms with Gasteiger partial charge in [-0.2, -0.15) is 0 Å². The number of rotatable bonds is 6. The first-order valence-electron chi connectivity index (χ1n) is 8.48. The molecule has 0 saturated heterocycles. The Morgan fingerprint density at radius 2 is 2.08 bits per heavy atom. The number of benzene rings is 1. The standard InChI is InChI=1S/C20H21N3O2S/c1-4-15-7-5-8-16(11-15)22-19(24)17-9-6-10-21-20(17)26-12-18-13(2)23-25-14(18)3/h5-11H,4,12H2,1-3H3,(H,22,24). The van der Waals surface area contributed by atoms with Gasteiger partial charge in [0.25, 0.3) is 5.91 Å². The molecule has 3 rings (SSSR count). The van der Waals surface area contributed by atoms with Gasteiger partial charge in [-0.05, 0) is 50.1 Å². The van der Waals surface area contributed by atoms with E-state index in [-0.39, 0.29) is 5.91 Å². The van der Waals surface area contributed by atoms with Gasteiger partial charge in [-0.1, -0.05) is 24.2 Å². The number of aryl methyl sites for hydroxylation is 3. The first-order chi connectivity index (χ1) is 12.6. The molecule has 0 spiro atoms. The number of hydrogen-bond donors (Lipinski definition) is 1. The van der Waals surface area contributed by atoms with Crippen LogP contribution in [0, 0.1) is 13.8 Å². The zero-order valence-electron chi connectivity index (χ0n) is 15.1. The molecule has 26 heavy (non-hydrogen) atoms. The number of anilines is 1. The minimum Gasteiger partial charge on any atom is -0.361 e. The Bertz CT molecular complexity index is 901. The van der Waals surface area contributed by atoms with Gasteiger partial charge in [0.1, 0.15) is 10.8 Å². The predicted octanol–water partition coefficient (Wildman–Crippen LogP) is 4.79. The van der Waals surface area contributed by atoms with Crippen LogP contribution in [0.15, 0.2) is 52.1 Å². The quantitative estimate of drug-likeness (QED) is 0.634. The molecule has 0 atom stereocenters. The van der Waals surface area contributed by atoms with Crippen molar-refractivity contribution in [2.75, 3.05) is 5.32 Å². The maximum absolute atomic E-state index is 12.7. The molecular formula is C20H21N3O2S. The minimum atomic E-state index is -0.160. The molecule has 0 aliphatic rings. The Morgan fingerprint density at radius 3 is 2.81 bits per heavy atom. The SMILES string of the molecule is CCc1cccc(NC(=O)c2cccnc2SCc2c(C)noc2C)c1. The molecule has 1 aromatic carbocycles. The molecule has 0 fully saturated rings. The van der Waals surface area contributed by atoms with E-state index in [4.69, 9.17) is 4.52 Å². The van der Waals surface area contributed by atoms with Crippen molar-refractivity contribution in [3.05, 3.63) is 70.7 Å². The van der Waals surface area contributed by atoms with Gasteiger partial charge in [0.05, 0.1) is 11.3 Å². The highest BCUT2D eigenvalue weighted by atomic mass is 32.2. The van der Waals surface area contributed by atoms with E-state index in [0.29, 0.717) is 16.3 Å². The fraction of sp³-hybridized carbons (Fsp3) is 0.250. The van der Waals surface area contributed by atoms with E-state index in [2.05, 4.69) is 22.4 Å². The van der Waals surface area contributed by atoms with Crippen molar-refractivity contribution in [2.45, 2.75) is 38.0 Å². The van der Waals surface area contributed by atoms with E-state index >= 15 is 0 Å². The molecule has 6 heteroatoms. The van der Waals surface area contributed by atoms with Gasteiger partial charge in [0.15, 0.2) is 0 Å². The van der Waals surface area contributed by atoms with Crippen molar-refractivity contribution in [2.24, 2.45) is 0 Å². The molecule has 1 amide bonds. The lowest BCUT2D eigenvalue weighted by atomic mass is 10.1. The number of amides is 1. The zero-order chi connectivity index (χ0) is 18.5. The van der Waals surface area contributed by atoms with Crippen molar-refractivity contribution >= 4 is 23.4 Å². The number of aromatic nitrogens is 2. The second-order valence-corrected chi connectivity index (χ2v) is 6.92. The molecular weight excluding hydrogens is 346 g/mol. The lowest BCUT2D eigenvalue weighted by molar-refractivity contribution is 0.102. The molecule has 0 aliphatic carbocycles. The highest BCUT2D eigenvalue weighted by Crippen LogP contribution is 2.27. The number of nitrogens with zero attached hydrogens (tertiary/aromatic N) is 2. The molecule has 0 bridgehead atoms. The third kappa shape index (κ3) is 4.14. The van der Waals surface area contributed by atoms with Crippen LogP contribution in [0.4, 0.5) is 5.69 Å².